The fourth-order valence-electron chi connectivity index (χ4n) is 5.67. The van der Waals surface area contributed by atoms with E-state index in [2.05, 4.69) is 15.0 Å². The molecule has 3 aromatic rings. The Hall–Kier alpha value is -3.34. The van der Waals surface area contributed by atoms with E-state index < -0.39 is 24.7 Å². The molecule has 0 spiro atoms. The largest absolute Gasteiger partial charge is 0.491 e. The number of rotatable bonds is 3. The number of pyridine rings is 1. The van der Waals surface area contributed by atoms with Crippen LogP contribution in [-0.2, 0) is 6.54 Å². The van der Waals surface area contributed by atoms with Crippen LogP contribution in [0.15, 0.2) is 30.5 Å². The van der Waals surface area contributed by atoms with Crippen molar-refractivity contribution in [3.8, 4) is 16.9 Å². The number of imidazole rings is 1. The molecule has 0 bridgehead atoms. The predicted molar refractivity (Wildman–Crippen MR) is 124 cm³/mol. The van der Waals surface area contributed by atoms with Gasteiger partial charge >= 0.3 is 12.2 Å². The number of aryl methyl sites for hydroxylation is 1. The lowest BCUT2D eigenvalue weighted by atomic mass is 9.64. The smallest absolute Gasteiger partial charge is 0.414 e. The zero-order valence-corrected chi connectivity index (χ0v) is 19.6. The van der Waals surface area contributed by atoms with E-state index in [0.717, 1.165) is 40.9 Å². The molecule has 2 aromatic heterocycles. The number of benzene rings is 1. The zero-order valence-electron chi connectivity index (χ0n) is 19.6. The number of aliphatic hydroxyl groups excluding tert-OH is 1. The van der Waals surface area contributed by atoms with Crippen molar-refractivity contribution in [2.45, 2.75) is 57.1 Å². The topological polar surface area (TPSA) is 94.6 Å². The molecule has 190 valence electrons. The Kier molecular flexibility index (Phi) is 5.36. The maximum absolute atomic E-state index is 13.5. The van der Waals surface area contributed by atoms with Gasteiger partial charge < -0.3 is 24.6 Å². The third kappa shape index (κ3) is 3.85. The van der Waals surface area contributed by atoms with Crippen LogP contribution >= 0.6 is 0 Å². The number of hydrogen-bond donors (Lipinski definition) is 2. The second-order valence-electron chi connectivity index (χ2n) is 9.87. The fraction of sp³-hybridized carbons (Fsp3) is 0.480. The Morgan fingerprint density at radius 2 is 2.11 bits per heavy atom. The van der Waals surface area contributed by atoms with E-state index in [0.29, 0.717) is 17.9 Å². The molecule has 4 heterocycles. The zero-order chi connectivity index (χ0) is 25.2. The molecule has 3 aliphatic rings. The quantitative estimate of drug-likeness (QED) is 0.565. The number of likely N-dealkylation sites (tertiary alicyclic amines) is 1. The van der Waals surface area contributed by atoms with Crippen LogP contribution in [-0.4, -0.2) is 73.4 Å². The van der Waals surface area contributed by atoms with Crippen molar-refractivity contribution < 1.29 is 27.8 Å². The molecule has 1 saturated heterocycles. The highest BCUT2D eigenvalue weighted by Crippen LogP contribution is 2.50. The van der Waals surface area contributed by atoms with Gasteiger partial charge in [-0.3, -0.25) is 0 Å². The first-order valence-electron chi connectivity index (χ1n) is 12.1. The molecule has 4 atom stereocenters. The van der Waals surface area contributed by atoms with Crippen molar-refractivity contribution >= 4 is 17.2 Å². The second-order valence-corrected chi connectivity index (χ2v) is 9.87. The first-order valence-corrected chi connectivity index (χ1v) is 12.1. The number of carbonyl (C=O) groups is 1. The summed E-state index contributed by atoms with van der Waals surface area (Å²) in [5.74, 6) is 1.48. The van der Waals surface area contributed by atoms with Gasteiger partial charge in [0.05, 0.1) is 18.6 Å². The van der Waals surface area contributed by atoms with Crippen LogP contribution in [0.3, 0.4) is 0 Å². The van der Waals surface area contributed by atoms with Crippen molar-refractivity contribution in [1.82, 2.24) is 24.8 Å². The van der Waals surface area contributed by atoms with Gasteiger partial charge in [-0.15, -0.1) is 0 Å². The number of aliphatic hydroxyl groups is 1. The van der Waals surface area contributed by atoms with Gasteiger partial charge in [0, 0.05) is 41.7 Å². The maximum Gasteiger partial charge on any atom is 0.414 e. The van der Waals surface area contributed by atoms with E-state index >= 15 is 0 Å². The van der Waals surface area contributed by atoms with Crippen molar-refractivity contribution in [3.63, 3.8) is 0 Å². The van der Waals surface area contributed by atoms with Crippen molar-refractivity contribution in [2.75, 3.05) is 13.2 Å². The number of halogens is 3. The molecule has 36 heavy (non-hydrogen) atoms. The number of piperidine rings is 1. The SMILES string of the molecule is Cc1nc2ncc(-c3ccc4c(c3)CN(C(=O)N3C5CCC5C3CC(O)C(F)(F)F)CCO4)cc2[nH]1. The summed E-state index contributed by atoms with van der Waals surface area (Å²) in [4.78, 5) is 28.6. The molecule has 2 amide bonds. The molecule has 2 aliphatic heterocycles. The first-order chi connectivity index (χ1) is 17.2. The maximum atomic E-state index is 13.5. The molecule has 2 fully saturated rings. The van der Waals surface area contributed by atoms with Gasteiger partial charge in [-0.05, 0) is 43.5 Å². The van der Waals surface area contributed by atoms with Crippen LogP contribution in [0.25, 0.3) is 22.3 Å². The predicted octanol–water partition coefficient (Wildman–Crippen LogP) is 4.02. The number of ether oxygens (including phenoxy) is 1. The highest BCUT2D eigenvalue weighted by Gasteiger charge is 2.58. The number of carbonyl (C=O) groups excluding carboxylic acids is 1. The summed E-state index contributed by atoms with van der Waals surface area (Å²) in [6.45, 7) is 2.76. The number of hydrogen-bond acceptors (Lipinski definition) is 5. The summed E-state index contributed by atoms with van der Waals surface area (Å²) in [7, 11) is 0. The summed E-state index contributed by atoms with van der Waals surface area (Å²) in [5, 5.41) is 9.63. The summed E-state index contributed by atoms with van der Waals surface area (Å²) in [5.41, 5.74) is 4.07. The molecule has 8 nitrogen and oxygen atoms in total. The first kappa shape index (κ1) is 23.1. The minimum Gasteiger partial charge on any atom is -0.491 e. The van der Waals surface area contributed by atoms with Crippen LogP contribution in [0.1, 0.15) is 30.7 Å². The minimum absolute atomic E-state index is 0.0293. The highest BCUT2D eigenvalue weighted by molar-refractivity contribution is 5.79. The van der Waals surface area contributed by atoms with E-state index in [1.165, 1.54) is 0 Å². The van der Waals surface area contributed by atoms with Gasteiger partial charge in [0.1, 0.15) is 18.2 Å². The second kappa shape index (κ2) is 8.36. The molecular weight excluding hydrogens is 475 g/mol. The number of fused-ring (bicyclic) bond motifs is 3. The van der Waals surface area contributed by atoms with Gasteiger partial charge in [0.25, 0.3) is 0 Å². The Morgan fingerprint density at radius 1 is 1.28 bits per heavy atom. The van der Waals surface area contributed by atoms with Crippen LogP contribution < -0.4 is 4.74 Å². The third-order valence-corrected chi connectivity index (χ3v) is 7.66. The van der Waals surface area contributed by atoms with Gasteiger partial charge in [-0.25, -0.2) is 14.8 Å². The van der Waals surface area contributed by atoms with E-state index in [1.54, 1.807) is 16.0 Å². The molecule has 6 rings (SSSR count). The lowest BCUT2D eigenvalue weighted by molar-refractivity contribution is -0.220. The summed E-state index contributed by atoms with van der Waals surface area (Å²) < 4.78 is 44.9. The highest BCUT2D eigenvalue weighted by atomic mass is 19.4. The normalized spacial score (nSPS) is 24.2. The standard InChI is InChI=1S/C25H26F3N5O3/c1-13-30-18-9-15(11-29-23(18)31-13)14-2-5-21-16(8-14)12-32(6-7-36-21)24(35)33-19-4-3-17(19)20(33)10-22(34)25(26,27)28/h2,5,8-9,11,17,19-20,22,34H,3-4,6-7,10,12H2,1H3,(H,29,30,31). The molecule has 1 aliphatic carbocycles. The summed E-state index contributed by atoms with van der Waals surface area (Å²) in [6, 6.07) is 6.79. The van der Waals surface area contributed by atoms with Crippen LogP contribution in [0.4, 0.5) is 18.0 Å². The minimum atomic E-state index is -4.69. The number of alkyl halides is 3. The monoisotopic (exact) mass is 501 g/mol. The number of aromatic nitrogens is 3. The molecule has 1 saturated carbocycles. The number of amides is 2. The van der Waals surface area contributed by atoms with Gasteiger partial charge in [0.15, 0.2) is 11.8 Å². The van der Waals surface area contributed by atoms with E-state index in [9.17, 15) is 23.1 Å². The number of H-pyrrole nitrogens is 1. The fourth-order valence-corrected chi connectivity index (χ4v) is 5.67. The van der Waals surface area contributed by atoms with Crippen molar-refractivity contribution in [3.05, 3.63) is 41.9 Å². The number of aromatic amines is 1. The van der Waals surface area contributed by atoms with Gasteiger partial charge in [0.2, 0.25) is 0 Å². The lowest BCUT2D eigenvalue weighted by Gasteiger charge is -2.62. The molecule has 2 N–H and O–H groups in total. The Balaban J connectivity index is 1.23. The van der Waals surface area contributed by atoms with Gasteiger partial charge in [-0.1, -0.05) is 6.07 Å². The van der Waals surface area contributed by atoms with Crippen LogP contribution in [0.5, 0.6) is 5.75 Å². The van der Waals surface area contributed by atoms with E-state index in [-0.39, 0.29) is 31.1 Å². The molecule has 0 radical (unpaired) electrons. The van der Waals surface area contributed by atoms with Crippen molar-refractivity contribution in [2.24, 2.45) is 5.92 Å². The van der Waals surface area contributed by atoms with Crippen LogP contribution in [0.2, 0.25) is 0 Å². The summed E-state index contributed by atoms with van der Waals surface area (Å²) in [6.07, 6.45) is -4.29. The molecular formula is C25H26F3N5O3. The Bertz CT molecular complexity index is 1330. The lowest BCUT2D eigenvalue weighted by Crippen LogP contribution is -2.73. The number of urea groups is 1. The number of nitrogens with one attached hydrogen (secondary N) is 1. The average Bonchev–Trinajstić information content (AvgIpc) is 3.05. The molecule has 11 heteroatoms. The molecule has 4 unspecified atom stereocenters. The Morgan fingerprint density at radius 3 is 2.86 bits per heavy atom. The average molecular weight is 502 g/mol. The van der Waals surface area contributed by atoms with Crippen LogP contribution in [0, 0.1) is 12.8 Å². The van der Waals surface area contributed by atoms with Crippen molar-refractivity contribution in [1.29, 1.82) is 0 Å². The van der Waals surface area contributed by atoms with Gasteiger partial charge in [-0.2, -0.15) is 13.2 Å². The van der Waals surface area contributed by atoms with E-state index in [4.69, 9.17) is 4.74 Å². The third-order valence-electron chi connectivity index (χ3n) is 7.66. The Labute approximate surface area is 205 Å². The summed E-state index contributed by atoms with van der Waals surface area (Å²) >= 11 is 0. The van der Waals surface area contributed by atoms with E-state index in [1.807, 2.05) is 31.2 Å². The number of nitrogens with zero attached hydrogens (tertiary/aromatic N) is 4. The molecule has 1 aromatic carbocycles.